The van der Waals surface area contributed by atoms with E-state index in [4.69, 9.17) is 4.74 Å². The predicted octanol–water partition coefficient (Wildman–Crippen LogP) is 0.506. The zero-order valence-electron chi connectivity index (χ0n) is 15.9. The Hall–Kier alpha value is -2.12. The molecule has 26 heavy (non-hydrogen) atoms. The summed E-state index contributed by atoms with van der Waals surface area (Å²) in [5.74, 6) is 0.737. The number of ether oxygens (including phenoxy) is 1. The maximum atomic E-state index is 12.7. The molecule has 0 radical (unpaired) electrons. The molecule has 2 fully saturated rings. The number of rotatable bonds is 4. The monoisotopic (exact) mass is 360 g/mol. The van der Waals surface area contributed by atoms with Gasteiger partial charge >= 0.3 is 0 Å². The fraction of sp³-hybridized carbons (Fsp3) is 0.579. The molecule has 1 atom stereocenters. The number of benzene rings is 1. The molecule has 0 spiro atoms. The second-order valence-electron chi connectivity index (χ2n) is 7.16. The number of amides is 2. The van der Waals surface area contributed by atoms with Crippen LogP contribution < -0.4 is 9.64 Å². The van der Waals surface area contributed by atoms with Gasteiger partial charge in [-0.05, 0) is 26.2 Å². The first-order valence-electron chi connectivity index (χ1n) is 9.09. The van der Waals surface area contributed by atoms with Gasteiger partial charge in [0.1, 0.15) is 12.3 Å². The number of anilines is 1. The van der Waals surface area contributed by atoms with Crippen LogP contribution in [0.5, 0.6) is 5.75 Å². The molecule has 1 unspecified atom stereocenters. The largest absolute Gasteiger partial charge is 0.497 e. The van der Waals surface area contributed by atoms with Gasteiger partial charge in [0.15, 0.2) is 0 Å². The zero-order chi connectivity index (χ0) is 18.7. The van der Waals surface area contributed by atoms with Crippen LogP contribution >= 0.6 is 0 Å². The van der Waals surface area contributed by atoms with Gasteiger partial charge in [-0.3, -0.25) is 9.59 Å². The first-order chi connectivity index (χ1) is 12.5. The normalized spacial score (nSPS) is 22.6. The third-order valence-electron chi connectivity index (χ3n) is 5.33. The van der Waals surface area contributed by atoms with Crippen molar-refractivity contribution in [3.63, 3.8) is 0 Å². The molecule has 142 valence electrons. The molecule has 0 saturated carbocycles. The van der Waals surface area contributed by atoms with E-state index in [1.165, 1.54) is 0 Å². The molecule has 2 heterocycles. The summed E-state index contributed by atoms with van der Waals surface area (Å²) in [6, 6.07) is 7.68. The smallest absolute Gasteiger partial charge is 0.246 e. The van der Waals surface area contributed by atoms with Crippen molar-refractivity contribution in [3.8, 4) is 5.75 Å². The summed E-state index contributed by atoms with van der Waals surface area (Å²) in [5.41, 5.74) is 0.815. The van der Waals surface area contributed by atoms with Crippen molar-refractivity contribution in [2.75, 3.05) is 65.4 Å². The Labute approximate surface area is 155 Å². The van der Waals surface area contributed by atoms with Gasteiger partial charge in [-0.15, -0.1) is 0 Å². The van der Waals surface area contributed by atoms with Crippen molar-refractivity contribution in [1.29, 1.82) is 0 Å². The minimum absolute atomic E-state index is 0.0491. The summed E-state index contributed by atoms with van der Waals surface area (Å²) in [6.45, 7) is 4.10. The lowest BCUT2D eigenvalue weighted by molar-refractivity contribution is -0.138. The fourth-order valence-corrected chi connectivity index (χ4v) is 3.59. The summed E-state index contributed by atoms with van der Waals surface area (Å²) >= 11 is 0. The van der Waals surface area contributed by atoms with E-state index in [0.29, 0.717) is 19.5 Å². The molecule has 0 aromatic heterocycles. The van der Waals surface area contributed by atoms with Gasteiger partial charge in [0.05, 0.1) is 7.11 Å². The number of hydrogen-bond donors (Lipinski definition) is 0. The molecule has 2 amide bonds. The quantitative estimate of drug-likeness (QED) is 0.783. The lowest BCUT2D eigenvalue weighted by Gasteiger charge is -2.39. The van der Waals surface area contributed by atoms with Crippen LogP contribution in [-0.4, -0.2) is 93.0 Å². The van der Waals surface area contributed by atoms with Crippen LogP contribution in [-0.2, 0) is 9.59 Å². The number of carbonyl (C=O) groups is 2. The van der Waals surface area contributed by atoms with Crippen molar-refractivity contribution in [1.82, 2.24) is 14.7 Å². The Morgan fingerprint density at radius 1 is 1.19 bits per heavy atom. The summed E-state index contributed by atoms with van der Waals surface area (Å²) in [4.78, 5) is 33.2. The second kappa shape index (κ2) is 8.05. The Kier molecular flexibility index (Phi) is 5.78. The highest BCUT2D eigenvalue weighted by atomic mass is 16.5. The van der Waals surface area contributed by atoms with Crippen LogP contribution in [0.4, 0.5) is 5.69 Å². The molecule has 1 aromatic carbocycles. The molecular formula is C19H28N4O3. The van der Waals surface area contributed by atoms with Crippen molar-refractivity contribution in [3.05, 3.63) is 24.3 Å². The average molecular weight is 360 g/mol. The van der Waals surface area contributed by atoms with Crippen LogP contribution in [0.3, 0.4) is 0 Å². The molecule has 0 aliphatic carbocycles. The minimum Gasteiger partial charge on any atom is -0.497 e. The van der Waals surface area contributed by atoms with Gasteiger partial charge in [0.25, 0.3) is 0 Å². The SMILES string of the molecule is COc1cccc(N2CCN(C(=O)CC3CN(C)CCN3C)CC2=O)c1. The van der Waals surface area contributed by atoms with Gasteiger partial charge in [0, 0.05) is 56.9 Å². The predicted molar refractivity (Wildman–Crippen MR) is 100 cm³/mol. The standard InChI is InChI=1S/C19H28N4O3/c1-20-7-8-21(2)16(13-20)12-18(24)22-9-10-23(19(25)14-22)15-5-4-6-17(11-15)26-3/h4-6,11,16H,7-10,12-14H2,1-3H3. The van der Waals surface area contributed by atoms with E-state index in [-0.39, 0.29) is 24.4 Å². The van der Waals surface area contributed by atoms with Gasteiger partial charge < -0.3 is 24.3 Å². The van der Waals surface area contributed by atoms with Gasteiger partial charge in [-0.25, -0.2) is 0 Å². The first kappa shape index (κ1) is 18.7. The molecule has 0 N–H and O–H groups in total. The molecule has 2 aliphatic heterocycles. The van der Waals surface area contributed by atoms with Gasteiger partial charge in [0.2, 0.25) is 11.8 Å². The summed E-state index contributed by atoms with van der Waals surface area (Å²) in [7, 11) is 5.76. The van der Waals surface area contributed by atoms with Crippen LogP contribution in [0, 0.1) is 0 Å². The third kappa shape index (κ3) is 4.16. The molecular weight excluding hydrogens is 332 g/mol. The van der Waals surface area contributed by atoms with Crippen molar-refractivity contribution in [2.24, 2.45) is 0 Å². The number of methoxy groups -OCH3 is 1. The number of nitrogens with zero attached hydrogens (tertiary/aromatic N) is 4. The van der Waals surface area contributed by atoms with Crippen molar-refractivity contribution in [2.45, 2.75) is 12.5 Å². The van der Waals surface area contributed by atoms with Crippen LogP contribution in [0.25, 0.3) is 0 Å². The summed E-state index contributed by atoms with van der Waals surface area (Å²) < 4.78 is 5.23. The van der Waals surface area contributed by atoms with E-state index in [0.717, 1.165) is 31.1 Å². The van der Waals surface area contributed by atoms with E-state index >= 15 is 0 Å². The number of hydrogen-bond acceptors (Lipinski definition) is 5. The molecule has 7 heteroatoms. The Morgan fingerprint density at radius 3 is 2.73 bits per heavy atom. The molecule has 1 aromatic rings. The fourth-order valence-electron chi connectivity index (χ4n) is 3.59. The third-order valence-corrected chi connectivity index (χ3v) is 5.33. The zero-order valence-corrected chi connectivity index (χ0v) is 15.9. The lowest BCUT2D eigenvalue weighted by Crippen LogP contribution is -2.55. The highest BCUT2D eigenvalue weighted by Gasteiger charge is 2.31. The average Bonchev–Trinajstić information content (AvgIpc) is 2.64. The second-order valence-corrected chi connectivity index (χ2v) is 7.16. The summed E-state index contributed by atoms with van der Waals surface area (Å²) in [6.07, 6.45) is 0.466. The Balaban J connectivity index is 1.59. The highest BCUT2D eigenvalue weighted by Crippen LogP contribution is 2.23. The Bertz CT molecular complexity index is 666. The highest BCUT2D eigenvalue weighted by molar-refractivity contribution is 5.98. The maximum Gasteiger partial charge on any atom is 0.246 e. The maximum absolute atomic E-state index is 12.7. The van der Waals surface area contributed by atoms with Crippen molar-refractivity contribution < 1.29 is 14.3 Å². The van der Waals surface area contributed by atoms with Gasteiger partial charge in [-0.2, -0.15) is 0 Å². The summed E-state index contributed by atoms with van der Waals surface area (Å²) in [5, 5.41) is 0. The molecule has 7 nitrogen and oxygen atoms in total. The number of piperazine rings is 2. The van der Waals surface area contributed by atoms with Gasteiger partial charge in [-0.1, -0.05) is 6.07 Å². The van der Waals surface area contributed by atoms with Crippen LogP contribution in [0.1, 0.15) is 6.42 Å². The number of carbonyl (C=O) groups excluding carboxylic acids is 2. The van der Waals surface area contributed by atoms with E-state index < -0.39 is 0 Å². The molecule has 2 saturated heterocycles. The van der Waals surface area contributed by atoms with E-state index in [1.54, 1.807) is 16.9 Å². The topological polar surface area (TPSA) is 56.3 Å². The minimum atomic E-state index is -0.0491. The number of likely N-dealkylation sites (N-methyl/N-ethyl adjacent to an activating group) is 2. The van der Waals surface area contributed by atoms with Crippen LogP contribution in [0.15, 0.2) is 24.3 Å². The van der Waals surface area contributed by atoms with Crippen LogP contribution in [0.2, 0.25) is 0 Å². The first-order valence-corrected chi connectivity index (χ1v) is 9.09. The Morgan fingerprint density at radius 2 is 2.00 bits per heavy atom. The van der Waals surface area contributed by atoms with E-state index in [1.807, 2.05) is 24.3 Å². The van der Waals surface area contributed by atoms with Crippen molar-refractivity contribution >= 4 is 17.5 Å². The van der Waals surface area contributed by atoms with E-state index in [9.17, 15) is 9.59 Å². The van der Waals surface area contributed by atoms with E-state index in [2.05, 4.69) is 23.9 Å². The molecule has 3 rings (SSSR count). The molecule has 0 bridgehead atoms. The lowest BCUT2D eigenvalue weighted by atomic mass is 10.1. The molecule has 2 aliphatic rings.